The molecule has 2 rings (SSSR count). The second-order valence-corrected chi connectivity index (χ2v) is 6.98. The van der Waals surface area contributed by atoms with Crippen molar-refractivity contribution < 1.29 is 14.5 Å². The molecule has 1 aromatic rings. The van der Waals surface area contributed by atoms with Crippen LogP contribution >= 0.6 is 0 Å². The van der Waals surface area contributed by atoms with Crippen molar-refractivity contribution in [1.29, 1.82) is 0 Å². The topological polar surface area (TPSA) is 106 Å². The Bertz CT molecular complexity index is 600. The van der Waals surface area contributed by atoms with Crippen LogP contribution in [-0.4, -0.2) is 33.7 Å². The van der Waals surface area contributed by atoms with Gasteiger partial charge in [-0.3, -0.25) is 10.1 Å². The van der Waals surface area contributed by atoms with Gasteiger partial charge in [0.25, 0.3) is 0 Å². The molecule has 0 saturated heterocycles. The van der Waals surface area contributed by atoms with Gasteiger partial charge in [-0.15, -0.1) is 0 Å². The monoisotopic (exact) mass is 336 g/mol. The van der Waals surface area contributed by atoms with E-state index in [-0.39, 0.29) is 23.6 Å². The summed E-state index contributed by atoms with van der Waals surface area (Å²) in [5.74, 6) is 0.269. The highest BCUT2D eigenvalue weighted by atomic mass is 16.6. The van der Waals surface area contributed by atoms with Gasteiger partial charge in [0.05, 0.1) is 4.92 Å². The number of alkyl carbamates (subject to hydrolysis) is 1. The summed E-state index contributed by atoms with van der Waals surface area (Å²) in [6.07, 6.45) is 4.42. The van der Waals surface area contributed by atoms with Gasteiger partial charge < -0.3 is 15.4 Å². The molecule has 1 amide bonds. The molecular formula is C16H24N4O4. The van der Waals surface area contributed by atoms with Gasteiger partial charge in [-0.25, -0.2) is 9.78 Å². The third-order valence-corrected chi connectivity index (χ3v) is 3.72. The molecule has 132 valence electrons. The summed E-state index contributed by atoms with van der Waals surface area (Å²) in [7, 11) is 0. The van der Waals surface area contributed by atoms with E-state index >= 15 is 0 Å². The Morgan fingerprint density at radius 2 is 2.08 bits per heavy atom. The summed E-state index contributed by atoms with van der Waals surface area (Å²) in [5, 5.41) is 17.1. The van der Waals surface area contributed by atoms with E-state index in [1.54, 1.807) is 0 Å². The third kappa shape index (κ3) is 5.36. The number of hydrogen-bond acceptors (Lipinski definition) is 6. The highest BCUT2D eigenvalue weighted by Gasteiger charge is 2.27. The standard InChI is InChI=1S/C16H24N4O4/c1-16(2,3)24-15(21)19-12-7-4-6-11(10-12)18-14-13(20(22)23)8-5-9-17-14/h5,8-9,11-12H,4,6-7,10H2,1-3H3,(H,17,18)(H,19,21)/t11-,12+/m0/s1. The maximum Gasteiger partial charge on any atom is 0.407 e. The summed E-state index contributed by atoms with van der Waals surface area (Å²) >= 11 is 0. The first kappa shape index (κ1) is 18.0. The zero-order valence-corrected chi connectivity index (χ0v) is 14.2. The molecule has 0 aromatic carbocycles. The van der Waals surface area contributed by atoms with Gasteiger partial charge in [0.2, 0.25) is 5.82 Å². The molecule has 0 bridgehead atoms. The number of nitrogens with one attached hydrogen (secondary N) is 2. The maximum absolute atomic E-state index is 11.9. The van der Waals surface area contributed by atoms with Crippen molar-refractivity contribution in [3.8, 4) is 0 Å². The zero-order valence-electron chi connectivity index (χ0n) is 14.2. The average Bonchev–Trinajstić information content (AvgIpc) is 2.45. The van der Waals surface area contributed by atoms with E-state index in [9.17, 15) is 14.9 Å². The van der Waals surface area contributed by atoms with Crippen molar-refractivity contribution in [2.24, 2.45) is 0 Å². The van der Waals surface area contributed by atoms with Crippen LogP contribution in [0.4, 0.5) is 16.3 Å². The van der Waals surface area contributed by atoms with Crippen LogP contribution in [-0.2, 0) is 4.74 Å². The fourth-order valence-corrected chi connectivity index (χ4v) is 2.77. The molecule has 0 spiro atoms. The predicted molar refractivity (Wildman–Crippen MR) is 89.9 cm³/mol. The molecule has 0 aliphatic heterocycles. The normalized spacial score (nSPS) is 21.0. The highest BCUT2D eigenvalue weighted by Crippen LogP contribution is 2.26. The van der Waals surface area contributed by atoms with E-state index in [4.69, 9.17) is 4.74 Å². The Labute approximate surface area is 141 Å². The molecule has 2 N–H and O–H groups in total. The number of pyridine rings is 1. The number of hydrogen-bond donors (Lipinski definition) is 2. The summed E-state index contributed by atoms with van der Waals surface area (Å²) < 4.78 is 5.27. The Morgan fingerprint density at radius 1 is 1.38 bits per heavy atom. The van der Waals surface area contributed by atoms with E-state index in [1.165, 1.54) is 18.3 Å². The number of nitrogens with zero attached hydrogens (tertiary/aromatic N) is 2. The van der Waals surface area contributed by atoms with Gasteiger partial charge >= 0.3 is 11.8 Å². The number of rotatable bonds is 4. The van der Waals surface area contributed by atoms with Gasteiger partial charge in [0, 0.05) is 24.3 Å². The molecule has 1 aliphatic rings. The minimum atomic E-state index is -0.537. The molecule has 2 atom stereocenters. The number of carbonyl (C=O) groups excluding carboxylic acids is 1. The van der Waals surface area contributed by atoms with Crippen molar-refractivity contribution in [3.63, 3.8) is 0 Å². The Morgan fingerprint density at radius 3 is 2.75 bits per heavy atom. The zero-order chi connectivity index (χ0) is 17.7. The molecule has 1 heterocycles. The van der Waals surface area contributed by atoms with Crippen LogP contribution < -0.4 is 10.6 Å². The van der Waals surface area contributed by atoms with Gasteiger partial charge in [-0.2, -0.15) is 0 Å². The minimum Gasteiger partial charge on any atom is -0.444 e. The van der Waals surface area contributed by atoms with Crippen molar-refractivity contribution in [2.45, 2.75) is 64.1 Å². The van der Waals surface area contributed by atoms with Crippen LogP contribution in [0.15, 0.2) is 18.3 Å². The Balaban J connectivity index is 1.94. The summed E-state index contributed by atoms with van der Waals surface area (Å²) in [4.78, 5) is 26.6. The summed E-state index contributed by atoms with van der Waals surface area (Å²) in [5.41, 5.74) is -0.579. The number of carbonyl (C=O) groups is 1. The number of anilines is 1. The molecule has 24 heavy (non-hydrogen) atoms. The molecule has 0 radical (unpaired) electrons. The lowest BCUT2D eigenvalue weighted by Gasteiger charge is -2.31. The van der Waals surface area contributed by atoms with Gasteiger partial charge in [0.1, 0.15) is 5.60 Å². The summed E-state index contributed by atoms with van der Waals surface area (Å²) in [6.45, 7) is 5.45. The summed E-state index contributed by atoms with van der Waals surface area (Å²) in [6, 6.07) is 2.96. The van der Waals surface area contributed by atoms with Gasteiger partial charge in [0.15, 0.2) is 0 Å². The van der Waals surface area contributed by atoms with E-state index in [0.29, 0.717) is 6.42 Å². The molecule has 1 fully saturated rings. The number of nitro groups is 1. The second kappa shape index (κ2) is 7.46. The van der Waals surface area contributed by atoms with E-state index in [0.717, 1.165) is 19.3 Å². The first-order valence-electron chi connectivity index (χ1n) is 8.10. The van der Waals surface area contributed by atoms with Crippen molar-refractivity contribution in [3.05, 3.63) is 28.4 Å². The molecule has 1 saturated carbocycles. The van der Waals surface area contributed by atoms with Crippen molar-refractivity contribution in [2.75, 3.05) is 5.32 Å². The number of aromatic nitrogens is 1. The van der Waals surface area contributed by atoms with Gasteiger partial charge in [-0.05, 0) is 52.5 Å². The van der Waals surface area contributed by atoms with E-state index in [1.807, 2.05) is 20.8 Å². The van der Waals surface area contributed by atoms with Crippen molar-refractivity contribution in [1.82, 2.24) is 10.3 Å². The van der Waals surface area contributed by atoms with Crippen LogP contribution in [0.2, 0.25) is 0 Å². The van der Waals surface area contributed by atoms with Crippen LogP contribution in [0, 0.1) is 10.1 Å². The van der Waals surface area contributed by atoms with Crippen LogP contribution in [0.5, 0.6) is 0 Å². The largest absolute Gasteiger partial charge is 0.444 e. The minimum absolute atomic E-state index is 0.0196. The predicted octanol–water partition coefficient (Wildman–Crippen LogP) is 3.24. The third-order valence-electron chi connectivity index (χ3n) is 3.72. The fourth-order valence-electron chi connectivity index (χ4n) is 2.77. The smallest absolute Gasteiger partial charge is 0.407 e. The lowest BCUT2D eigenvalue weighted by molar-refractivity contribution is -0.384. The maximum atomic E-state index is 11.9. The number of amides is 1. The fraction of sp³-hybridized carbons (Fsp3) is 0.625. The molecule has 8 heteroatoms. The Kier molecular flexibility index (Phi) is 5.58. The van der Waals surface area contributed by atoms with Crippen LogP contribution in [0.25, 0.3) is 0 Å². The van der Waals surface area contributed by atoms with Crippen LogP contribution in [0.3, 0.4) is 0 Å². The lowest BCUT2D eigenvalue weighted by atomic mass is 9.91. The number of ether oxygens (including phenoxy) is 1. The van der Waals surface area contributed by atoms with Crippen molar-refractivity contribution >= 4 is 17.6 Å². The average molecular weight is 336 g/mol. The quantitative estimate of drug-likeness (QED) is 0.646. The van der Waals surface area contributed by atoms with E-state index in [2.05, 4.69) is 15.6 Å². The second-order valence-electron chi connectivity index (χ2n) is 6.98. The van der Waals surface area contributed by atoms with Crippen LogP contribution in [0.1, 0.15) is 46.5 Å². The molecular weight excluding hydrogens is 312 g/mol. The highest BCUT2D eigenvalue weighted by molar-refractivity contribution is 5.68. The first-order chi connectivity index (χ1) is 11.2. The Hall–Kier alpha value is -2.38. The molecule has 0 unspecified atom stereocenters. The SMILES string of the molecule is CC(C)(C)OC(=O)N[C@@H]1CCC[C@H](Nc2ncccc2[N+](=O)[O-])C1. The molecule has 8 nitrogen and oxygen atoms in total. The lowest BCUT2D eigenvalue weighted by Crippen LogP contribution is -2.44. The molecule has 1 aliphatic carbocycles. The first-order valence-corrected chi connectivity index (χ1v) is 8.10. The molecule has 1 aromatic heterocycles. The van der Waals surface area contributed by atoms with Gasteiger partial charge in [-0.1, -0.05) is 0 Å². The van der Waals surface area contributed by atoms with E-state index < -0.39 is 16.6 Å².